The molecule has 92 valence electrons. The molecule has 0 aliphatic heterocycles. The van der Waals surface area contributed by atoms with E-state index < -0.39 is 0 Å². The fraction of sp³-hybridized carbons (Fsp3) is 0.545. The van der Waals surface area contributed by atoms with Crippen LogP contribution in [0.3, 0.4) is 0 Å². The molecule has 0 unspecified atom stereocenters. The lowest BCUT2D eigenvalue weighted by atomic mass is 10.2. The Kier molecular flexibility index (Phi) is 3.12. The minimum atomic E-state index is 0.0219. The van der Waals surface area contributed by atoms with Crippen molar-refractivity contribution in [2.24, 2.45) is 0 Å². The summed E-state index contributed by atoms with van der Waals surface area (Å²) in [5.41, 5.74) is 6.36. The standard InChI is InChI=1S/C11H17N5O/c1-3-5-8-7-16-11(13-10(12)14-16)15(6-4-2)9(8)17/h7H,3-6H2,1-2H3,(H2,12,14). The summed E-state index contributed by atoms with van der Waals surface area (Å²) in [6.07, 6.45) is 4.28. The number of anilines is 1. The van der Waals surface area contributed by atoms with Gasteiger partial charge in [0.05, 0.1) is 0 Å². The van der Waals surface area contributed by atoms with E-state index in [0.29, 0.717) is 12.3 Å². The van der Waals surface area contributed by atoms with E-state index >= 15 is 0 Å². The number of rotatable bonds is 4. The molecule has 17 heavy (non-hydrogen) atoms. The quantitative estimate of drug-likeness (QED) is 0.851. The fourth-order valence-corrected chi connectivity index (χ4v) is 1.93. The Bertz CT molecular complexity index is 583. The average molecular weight is 235 g/mol. The first-order valence-corrected chi connectivity index (χ1v) is 5.92. The third kappa shape index (κ3) is 2.02. The van der Waals surface area contributed by atoms with Gasteiger partial charge in [0.25, 0.3) is 5.56 Å². The van der Waals surface area contributed by atoms with Crippen LogP contribution in [0.1, 0.15) is 32.3 Å². The van der Waals surface area contributed by atoms with Crippen LogP contribution in [0.25, 0.3) is 5.78 Å². The highest BCUT2D eigenvalue weighted by atomic mass is 16.1. The minimum absolute atomic E-state index is 0.0219. The van der Waals surface area contributed by atoms with Crippen LogP contribution in [0.5, 0.6) is 0 Å². The Morgan fingerprint density at radius 1 is 1.35 bits per heavy atom. The van der Waals surface area contributed by atoms with Gasteiger partial charge in [0, 0.05) is 18.3 Å². The van der Waals surface area contributed by atoms with Crippen molar-refractivity contribution in [1.82, 2.24) is 19.2 Å². The lowest BCUT2D eigenvalue weighted by molar-refractivity contribution is 0.639. The molecular weight excluding hydrogens is 218 g/mol. The molecule has 0 bridgehead atoms. The smallest absolute Gasteiger partial charge is 0.258 e. The summed E-state index contributed by atoms with van der Waals surface area (Å²) in [5, 5.41) is 4.06. The molecule has 0 fully saturated rings. The van der Waals surface area contributed by atoms with Gasteiger partial charge in [-0.2, -0.15) is 4.98 Å². The molecule has 0 amide bonds. The molecule has 0 spiro atoms. The average Bonchev–Trinajstić information content (AvgIpc) is 2.65. The van der Waals surface area contributed by atoms with Crippen molar-refractivity contribution in [3.05, 3.63) is 22.1 Å². The van der Waals surface area contributed by atoms with Gasteiger partial charge in [-0.1, -0.05) is 20.3 Å². The van der Waals surface area contributed by atoms with E-state index in [1.54, 1.807) is 15.3 Å². The van der Waals surface area contributed by atoms with Crippen molar-refractivity contribution < 1.29 is 0 Å². The molecule has 6 nitrogen and oxygen atoms in total. The molecular formula is C11H17N5O. The van der Waals surface area contributed by atoms with E-state index in [9.17, 15) is 4.79 Å². The summed E-state index contributed by atoms with van der Waals surface area (Å²) >= 11 is 0. The summed E-state index contributed by atoms with van der Waals surface area (Å²) in [4.78, 5) is 16.3. The number of nitrogens with two attached hydrogens (primary N) is 1. The fourth-order valence-electron chi connectivity index (χ4n) is 1.93. The lowest BCUT2D eigenvalue weighted by Gasteiger charge is -2.07. The van der Waals surface area contributed by atoms with Crippen molar-refractivity contribution in [3.63, 3.8) is 0 Å². The van der Waals surface area contributed by atoms with Crippen molar-refractivity contribution in [2.45, 2.75) is 39.7 Å². The van der Waals surface area contributed by atoms with Crippen LogP contribution in [0, 0.1) is 0 Å². The molecule has 0 aliphatic carbocycles. The van der Waals surface area contributed by atoms with Gasteiger partial charge < -0.3 is 5.73 Å². The van der Waals surface area contributed by atoms with Gasteiger partial charge in [-0.25, -0.2) is 4.52 Å². The third-order valence-corrected chi connectivity index (χ3v) is 2.64. The van der Waals surface area contributed by atoms with E-state index in [2.05, 4.69) is 10.1 Å². The highest BCUT2D eigenvalue weighted by Gasteiger charge is 2.11. The Hall–Kier alpha value is -1.85. The Morgan fingerprint density at radius 2 is 2.12 bits per heavy atom. The van der Waals surface area contributed by atoms with Gasteiger partial charge in [0.1, 0.15) is 0 Å². The number of nitrogen functional groups attached to an aromatic ring is 1. The molecule has 0 saturated carbocycles. The molecule has 2 rings (SSSR count). The highest BCUT2D eigenvalue weighted by molar-refractivity contribution is 5.36. The largest absolute Gasteiger partial charge is 0.366 e. The number of aromatic nitrogens is 4. The van der Waals surface area contributed by atoms with Crippen molar-refractivity contribution in [3.8, 4) is 0 Å². The molecule has 2 aromatic heterocycles. The topological polar surface area (TPSA) is 78.2 Å². The van der Waals surface area contributed by atoms with E-state index in [0.717, 1.165) is 24.8 Å². The second-order valence-corrected chi connectivity index (χ2v) is 4.08. The Balaban J connectivity index is 2.70. The first-order chi connectivity index (χ1) is 8.17. The van der Waals surface area contributed by atoms with Crippen LogP contribution in [-0.2, 0) is 13.0 Å². The maximum absolute atomic E-state index is 12.2. The molecule has 0 saturated heterocycles. The number of fused-ring (bicyclic) bond motifs is 1. The molecule has 2 heterocycles. The summed E-state index contributed by atoms with van der Waals surface area (Å²) in [7, 11) is 0. The maximum atomic E-state index is 12.2. The zero-order valence-corrected chi connectivity index (χ0v) is 10.2. The Labute approximate surface area is 99.1 Å². The van der Waals surface area contributed by atoms with Crippen LogP contribution in [0.4, 0.5) is 5.95 Å². The molecule has 6 heteroatoms. The monoisotopic (exact) mass is 235 g/mol. The first-order valence-electron chi connectivity index (χ1n) is 5.92. The molecule has 2 N–H and O–H groups in total. The predicted molar refractivity (Wildman–Crippen MR) is 65.9 cm³/mol. The number of aryl methyl sites for hydroxylation is 2. The van der Waals surface area contributed by atoms with Gasteiger partial charge in [0.2, 0.25) is 11.7 Å². The SMILES string of the molecule is CCCc1cn2nc(N)nc2n(CCC)c1=O. The summed E-state index contributed by atoms with van der Waals surface area (Å²) in [5.74, 6) is 0.720. The van der Waals surface area contributed by atoms with Crippen molar-refractivity contribution >= 4 is 11.7 Å². The molecule has 2 aromatic rings. The predicted octanol–water partition coefficient (Wildman–Crippen LogP) is 0.836. The van der Waals surface area contributed by atoms with Gasteiger partial charge in [0.15, 0.2) is 0 Å². The van der Waals surface area contributed by atoms with Crippen LogP contribution >= 0.6 is 0 Å². The second kappa shape index (κ2) is 4.57. The number of hydrogen-bond donors (Lipinski definition) is 1. The van der Waals surface area contributed by atoms with E-state index in [1.165, 1.54) is 0 Å². The van der Waals surface area contributed by atoms with Crippen LogP contribution < -0.4 is 11.3 Å². The minimum Gasteiger partial charge on any atom is -0.366 e. The number of hydrogen-bond acceptors (Lipinski definition) is 4. The van der Waals surface area contributed by atoms with Crippen molar-refractivity contribution in [2.75, 3.05) is 5.73 Å². The van der Waals surface area contributed by atoms with E-state index in [-0.39, 0.29) is 11.5 Å². The maximum Gasteiger partial charge on any atom is 0.258 e. The highest BCUT2D eigenvalue weighted by Crippen LogP contribution is 2.05. The van der Waals surface area contributed by atoms with E-state index in [1.807, 2.05) is 13.8 Å². The molecule has 0 radical (unpaired) electrons. The van der Waals surface area contributed by atoms with Gasteiger partial charge in [-0.15, -0.1) is 5.10 Å². The van der Waals surface area contributed by atoms with Crippen LogP contribution in [-0.4, -0.2) is 19.2 Å². The summed E-state index contributed by atoms with van der Waals surface area (Å²) in [6.45, 7) is 4.71. The lowest BCUT2D eigenvalue weighted by Crippen LogP contribution is -2.26. The van der Waals surface area contributed by atoms with Gasteiger partial charge >= 0.3 is 0 Å². The summed E-state index contributed by atoms with van der Waals surface area (Å²) in [6, 6.07) is 0. The zero-order chi connectivity index (χ0) is 12.4. The Morgan fingerprint density at radius 3 is 2.76 bits per heavy atom. The molecule has 0 aromatic carbocycles. The molecule has 0 aliphatic rings. The first kappa shape index (κ1) is 11.6. The summed E-state index contributed by atoms with van der Waals surface area (Å²) < 4.78 is 3.24. The molecule has 0 atom stereocenters. The third-order valence-electron chi connectivity index (χ3n) is 2.64. The van der Waals surface area contributed by atoms with Crippen molar-refractivity contribution in [1.29, 1.82) is 0 Å². The second-order valence-electron chi connectivity index (χ2n) is 4.08. The zero-order valence-electron chi connectivity index (χ0n) is 10.2. The normalized spacial score (nSPS) is 11.2. The van der Waals surface area contributed by atoms with E-state index in [4.69, 9.17) is 5.73 Å². The van der Waals surface area contributed by atoms with Gasteiger partial charge in [-0.05, 0) is 12.8 Å². The van der Waals surface area contributed by atoms with Crippen LogP contribution in [0.2, 0.25) is 0 Å². The van der Waals surface area contributed by atoms with Crippen LogP contribution in [0.15, 0.2) is 11.0 Å². The van der Waals surface area contributed by atoms with Gasteiger partial charge in [-0.3, -0.25) is 9.36 Å². The number of nitrogens with zero attached hydrogens (tertiary/aromatic N) is 4.